The van der Waals surface area contributed by atoms with Gasteiger partial charge in [-0.1, -0.05) is 37.3 Å². The second-order valence-corrected chi connectivity index (χ2v) is 9.62. The molecule has 5 heterocycles. The number of carbonyl (C=O) groups excluding carboxylic acids is 1. The predicted octanol–water partition coefficient (Wildman–Crippen LogP) is 1.97. The number of piperidine rings is 3. The van der Waals surface area contributed by atoms with Crippen molar-refractivity contribution in [3.8, 4) is 0 Å². The van der Waals surface area contributed by atoms with Gasteiger partial charge in [0.15, 0.2) is 0 Å². The summed E-state index contributed by atoms with van der Waals surface area (Å²) in [4.78, 5) is 17.6. The third-order valence-corrected chi connectivity index (χ3v) is 7.72. The fraction of sp³-hybridized carbons (Fsp3) is 0.864. The number of rotatable bonds is 5. The molecule has 7 nitrogen and oxygen atoms in total. The van der Waals surface area contributed by atoms with Gasteiger partial charge in [0.2, 0.25) is 5.91 Å². The van der Waals surface area contributed by atoms with Crippen molar-refractivity contribution in [2.24, 2.45) is 17.8 Å². The number of carbonyl (C=O) groups is 1. The van der Waals surface area contributed by atoms with Crippen LogP contribution in [0.2, 0.25) is 0 Å². The highest BCUT2D eigenvalue weighted by Crippen LogP contribution is 2.38. The molecule has 0 aromatic carbocycles. The molecule has 0 N–H and O–H groups in total. The molecular weight excluding hydrogens is 366 g/mol. The summed E-state index contributed by atoms with van der Waals surface area (Å²) in [6.07, 6.45) is 12.4. The molecule has 4 unspecified atom stereocenters. The quantitative estimate of drug-likeness (QED) is 0.755. The van der Waals surface area contributed by atoms with Crippen LogP contribution in [0, 0.1) is 17.8 Å². The minimum Gasteiger partial charge on any atom is -0.378 e. The van der Waals surface area contributed by atoms with Gasteiger partial charge < -0.3 is 9.64 Å². The first-order valence-electron chi connectivity index (χ1n) is 11.8. The third kappa shape index (κ3) is 4.36. The van der Waals surface area contributed by atoms with Crippen molar-refractivity contribution < 1.29 is 9.53 Å². The number of morpholine rings is 1. The number of amides is 1. The summed E-state index contributed by atoms with van der Waals surface area (Å²) in [5, 5.41) is 8.90. The van der Waals surface area contributed by atoms with Crippen LogP contribution in [0.15, 0.2) is 6.20 Å². The van der Waals surface area contributed by atoms with Crippen LogP contribution in [-0.4, -0.2) is 76.1 Å². The fourth-order valence-electron chi connectivity index (χ4n) is 6.05. The largest absolute Gasteiger partial charge is 0.378 e. The number of fused-ring (bicyclic) bond motifs is 3. The topological polar surface area (TPSA) is 63.5 Å². The second kappa shape index (κ2) is 8.72. The fourth-order valence-corrected chi connectivity index (χ4v) is 6.05. The molecule has 29 heavy (non-hydrogen) atoms. The van der Waals surface area contributed by atoms with Crippen molar-refractivity contribution in [1.29, 1.82) is 0 Å². The smallest absolute Gasteiger partial charge is 0.227 e. The van der Waals surface area contributed by atoms with Gasteiger partial charge in [-0.05, 0) is 37.6 Å². The number of nitrogens with zero attached hydrogens (tertiary/aromatic N) is 5. The first-order valence-corrected chi connectivity index (χ1v) is 11.8. The maximum absolute atomic E-state index is 13.0. The van der Waals surface area contributed by atoms with Gasteiger partial charge in [0.05, 0.1) is 31.4 Å². The Hall–Kier alpha value is -1.47. The van der Waals surface area contributed by atoms with Crippen LogP contribution in [-0.2, 0) is 22.5 Å². The van der Waals surface area contributed by atoms with Crippen LogP contribution in [0.3, 0.4) is 0 Å². The van der Waals surface area contributed by atoms with E-state index in [1.54, 1.807) is 0 Å². The van der Waals surface area contributed by atoms with Gasteiger partial charge in [0.25, 0.3) is 0 Å². The number of ether oxygens (including phenoxy) is 1. The highest BCUT2D eigenvalue weighted by atomic mass is 16.5. The Balaban J connectivity index is 1.16. The van der Waals surface area contributed by atoms with Crippen LogP contribution < -0.4 is 0 Å². The Morgan fingerprint density at radius 2 is 1.93 bits per heavy atom. The first kappa shape index (κ1) is 19.5. The van der Waals surface area contributed by atoms with Crippen molar-refractivity contribution in [3.63, 3.8) is 0 Å². The average molecular weight is 402 g/mol. The molecule has 6 rings (SSSR count). The van der Waals surface area contributed by atoms with E-state index in [9.17, 15) is 4.79 Å². The summed E-state index contributed by atoms with van der Waals surface area (Å²) in [5.41, 5.74) is 1.16. The van der Waals surface area contributed by atoms with E-state index in [0.717, 1.165) is 63.6 Å². The van der Waals surface area contributed by atoms with Crippen LogP contribution >= 0.6 is 0 Å². The van der Waals surface area contributed by atoms with Crippen molar-refractivity contribution >= 4 is 5.91 Å². The molecule has 1 saturated carbocycles. The Bertz CT molecular complexity index is 695. The molecule has 160 valence electrons. The molecule has 0 spiro atoms. The Morgan fingerprint density at radius 3 is 2.69 bits per heavy atom. The monoisotopic (exact) mass is 401 g/mol. The number of hydrogen-bond acceptors (Lipinski definition) is 5. The van der Waals surface area contributed by atoms with Crippen molar-refractivity contribution in [2.75, 3.05) is 39.4 Å². The van der Waals surface area contributed by atoms with Crippen LogP contribution in [0.1, 0.15) is 50.6 Å². The standard InChI is InChI=1S/C22H35N5O2/c28-22(25-8-10-29-11-9-25)21-16-26-7-6-18(21)13-20(26)15-27-14-19(23-24-27)12-17-4-2-1-3-5-17/h14,17-18,20-21H,1-13,15-16H2. The molecule has 4 saturated heterocycles. The van der Waals surface area contributed by atoms with E-state index in [4.69, 9.17) is 4.74 Å². The lowest BCUT2D eigenvalue weighted by Gasteiger charge is -2.50. The zero-order chi connectivity index (χ0) is 19.6. The molecule has 4 aliphatic heterocycles. The molecule has 5 fully saturated rings. The van der Waals surface area contributed by atoms with E-state index in [1.165, 1.54) is 32.1 Å². The van der Waals surface area contributed by atoms with Gasteiger partial charge >= 0.3 is 0 Å². The summed E-state index contributed by atoms with van der Waals surface area (Å²) >= 11 is 0. The number of hydrogen-bond donors (Lipinski definition) is 0. The van der Waals surface area contributed by atoms with Crippen LogP contribution in [0.4, 0.5) is 0 Å². The van der Waals surface area contributed by atoms with Gasteiger partial charge in [0, 0.05) is 31.9 Å². The predicted molar refractivity (Wildman–Crippen MR) is 109 cm³/mol. The normalized spacial score (nSPS) is 33.2. The molecule has 7 heteroatoms. The van der Waals surface area contributed by atoms with Crippen molar-refractivity contribution in [2.45, 2.75) is 64.0 Å². The van der Waals surface area contributed by atoms with Crippen LogP contribution in [0.25, 0.3) is 0 Å². The van der Waals surface area contributed by atoms with E-state index >= 15 is 0 Å². The van der Waals surface area contributed by atoms with Gasteiger partial charge in [-0.2, -0.15) is 0 Å². The molecule has 1 aliphatic carbocycles. The van der Waals surface area contributed by atoms with Crippen molar-refractivity contribution in [1.82, 2.24) is 24.8 Å². The summed E-state index contributed by atoms with van der Waals surface area (Å²) < 4.78 is 7.47. The third-order valence-electron chi connectivity index (χ3n) is 7.72. The lowest BCUT2D eigenvalue weighted by atomic mass is 9.75. The first-order chi connectivity index (χ1) is 14.3. The van der Waals surface area contributed by atoms with E-state index in [0.29, 0.717) is 31.1 Å². The molecule has 1 amide bonds. The van der Waals surface area contributed by atoms with Crippen LogP contribution in [0.5, 0.6) is 0 Å². The second-order valence-electron chi connectivity index (χ2n) is 9.62. The molecular formula is C22H35N5O2. The SMILES string of the molecule is O=C(C1CN2CCC1CC2Cn1cc(CC2CCCCC2)nn1)N1CCOCC1. The van der Waals surface area contributed by atoms with Gasteiger partial charge in [0.1, 0.15) is 0 Å². The van der Waals surface area contributed by atoms with Gasteiger partial charge in [-0.25, -0.2) is 0 Å². The average Bonchev–Trinajstić information content (AvgIpc) is 3.21. The van der Waals surface area contributed by atoms with Gasteiger partial charge in [-0.15, -0.1) is 5.10 Å². The van der Waals surface area contributed by atoms with Crippen molar-refractivity contribution in [3.05, 3.63) is 11.9 Å². The van der Waals surface area contributed by atoms with Gasteiger partial charge in [-0.3, -0.25) is 14.4 Å². The zero-order valence-corrected chi connectivity index (χ0v) is 17.5. The molecule has 5 aliphatic rings. The Labute approximate surface area is 173 Å². The lowest BCUT2D eigenvalue weighted by molar-refractivity contribution is -0.148. The Kier molecular flexibility index (Phi) is 5.86. The van der Waals surface area contributed by atoms with E-state index < -0.39 is 0 Å². The molecule has 1 aromatic heterocycles. The number of aromatic nitrogens is 3. The van der Waals surface area contributed by atoms with E-state index in [1.807, 2.05) is 4.90 Å². The molecule has 1 aromatic rings. The Morgan fingerprint density at radius 1 is 1.10 bits per heavy atom. The molecule has 0 radical (unpaired) electrons. The summed E-state index contributed by atoms with van der Waals surface area (Å²) in [6.45, 7) is 5.83. The van der Waals surface area contributed by atoms with E-state index in [2.05, 4.69) is 26.1 Å². The molecule has 4 atom stereocenters. The summed E-state index contributed by atoms with van der Waals surface area (Å²) in [6, 6.07) is 0.492. The highest BCUT2D eigenvalue weighted by molar-refractivity contribution is 5.79. The summed E-state index contributed by atoms with van der Waals surface area (Å²) in [5.74, 6) is 1.86. The minimum atomic E-state index is 0.177. The highest BCUT2D eigenvalue weighted by Gasteiger charge is 2.44. The maximum Gasteiger partial charge on any atom is 0.227 e. The zero-order valence-electron chi connectivity index (χ0n) is 17.5. The minimum absolute atomic E-state index is 0.177. The summed E-state index contributed by atoms with van der Waals surface area (Å²) in [7, 11) is 0. The molecule has 2 bridgehead atoms. The maximum atomic E-state index is 13.0. The lowest BCUT2D eigenvalue weighted by Crippen LogP contribution is -2.59. The van der Waals surface area contributed by atoms with E-state index in [-0.39, 0.29) is 5.92 Å².